The van der Waals surface area contributed by atoms with E-state index in [2.05, 4.69) is 17.0 Å². The molecule has 1 unspecified atom stereocenters. The van der Waals surface area contributed by atoms with Crippen LogP contribution in [0.15, 0.2) is 53.7 Å². The number of carbonyl (C=O) groups is 1. The van der Waals surface area contributed by atoms with Gasteiger partial charge in [0.25, 0.3) is 17.0 Å². The highest BCUT2D eigenvalue weighted by Gasteiger charge is 2.43. The number of anilines is 1. The normalized spacial score (nSPS) is 14.9. The van der Waals surface area contributed by atoms with E-state index in [0.29, 0.717) is 22.0 Å². The molecule has 154 valence electrons. The highest BCUT2D eigenvalue weighted by molar-refractivity contribution is 7.99. The third kappa shape index (κ3) is 3.63. The molecule has 0 fully saturated rings. The summed E-state index contributed by atoms with van der Waals surface area (Å²) in [5.41, 5.74) is 1.97. The lowest BCUT2D eigenvalue weighted by Gasteiger charge is -2.32. The van der Waals surface area contributed by atoms with Gasteiger partial charge in [-0.2, -0.15) is 0 Å². The Morgan fingerprint density at radius 3 is 2.80 bits per heavy atom. The number of hydrogen-bond donors (Lipinski definition) is 0. The number of hydrogen-bond acceptors (Lipinski definition) is 5. The molecule has 1 atom stereocenters. The van der Waals surface area contributed by atoms with Crippen LogP contribution in [0.5, 0.6) is 5.88 Å². The molecule has 2 aromatic carbocycles. The smallest absolute Gasteiger partial charge is 0.293 e. The quantitative estimate of drug-likeness (QED) is 0.356. The molecule has 4 rings (SSSR count). The highest BCUT2D eigenvalue weighted by Crippen LogP contribution is 2.40. The fourth-order valence-electron chi connectivity index (χ4n) is 3.61. The van der Waals surface area contributed by atoms with Gasteiger partial charge in [0.15, 0.2) is 0 Å². The first-order chi connectivity index (χ1) is 14.5. The highest BCUT2D eigenvalue weighted by atomic mass is 32.2. The van der Waals surface area contributed by atoms with Gasteiger partial charge in [-0.1, -0.05) is 48.0 Å². The van der Waals surface area contributed by atoms with Crippen molar-refractivity contribution < 1.29 is 19.0 Å². The molecule has 6 nitrogen and oxygen atoms in total. The van der Waals surface area contributed by atoms with E-state index < -0.39 is 17.9 Å². The average molecular weight is 425 g/mol. The van der Waals surface area contributed by atoms with Gasteiger partial charge in [-0.3, -0.25) is 4.79 Å². The lowest BCUT2D eigenvalue weighted by atomic mass is 10.0. The Balaban J connectivity index is 1.96. The monoisotopic (exact) mass is 424 g/mol. The predicted octanol–water partition coefficient (Wildman–Crippen LogP) is 3.45. The van der Waals surface area contributed by atoms with E-state index in [9.17, 15) is 14.3 Å². The molecule has 3 aromatic rings. The Hall–Kier alpha value is -3.00. The second-order valence-electron chi connectivity index (χ2n) is 7.03. The van der Waals surface area contributed by atoms with Gasteiger partial charge in [0, 0.05) is 23.3 Å². The summed E-state index contributed by atoms with van der Waals surface area (Å²) in [6.07, 6.45) is 1.20. The van der Waals surface area contributed by atoms with Gasteiger partial charge in [-0.15, -0.1) is 0 Å². The molecule has 0 radical (unpaired) electrons. The fraction of sp³-hybridized carbons (Fsp3) is 0.273. The van der Waals surface area contributed by atoms with Crippen LogP contribution in [0.2, 0.25) is 0 Å². The molecule has 1 aromatic heterocycles. The third-order valence-corrected chi connectivity index (χ3v) is 5.86. The number of carbonyl (C=O) groups excluding carboxylic acids is 1. The maximum atomic E-state index is 14.1. The van der Waals surface area contributed by atoms with E-state index in [0.717, 1.165) is 18.6 Å². The van der Waals surface area contributed by atoms with Crippen LogP contribution in [0.4, 0.5) is 10.1 Å². The standard InChI is InChI=1S/C22H21FN4O2S/c1-3-4-12-30-22-24-20(29)19-17-10-5-6-11-18(17)26(14(2)28)21(27(19)25-22)15-8-7-9-16(23)13-15/h5-11,13,21H,3-4,12H2,1-2H3. The van der Waals surface area contributed by atoms with E-state index in [1.807, 2.05) is 0 Å². The molecule has 8 heteroatoms. The third-order valence-electron chi connectivity index (χ3n) is 4.93. The van der Waals surface area contributed by atoms with Gasteiger partial charge in [-0.05, 0) is 36.8 Å². The van der Waals surface area contributed by atoms with E-state index in [-0.39, 0.29) is 11.6 Å². The minimum atomic E-state index is -0.788. The molecular formula is C22H21FN4O2S. The lowest BCUT2D eigenvalue weighted by Crippen LogP contribution is -2.58. The minimum absolute atomic E-state index is 0.235. The summed E-state index contributed by atoms with van der Waals surface area (Å²) in [5, 5.41) is 18.0. The van der Waals surface area contributed by atoms with Crippen molar-refractivity contribution in [3.05, 3.63) is 59.9 Å². The molecule has 0 saturated heterocycles. The number of thioether (sulfide) groups is 1. The van der Waals surface area contributed by atoms with Crippen LogP contribution < -0.4 is 14.7 Å². The number of benzene rings is 2. The molecular weight excluding hydrogens is 403 g/mol. The Morgan fingerprint density at radius 2 is 2.07 bits per heavy atom. The van der Waals surface area contributed by atoms with Gasteiger partial charge in [0.1, 0.15) is 5.82 Å². The van der Waals surface area contributed by atoms with Gasteiger partial charge in [-0.25, -0.2) is 14.3 Å². The summed E-state index contributed by atoms with van der Waals surface area (Å²) in [4.78, 5) is 18.4. The minimum Gasteiger partial charge on any atom is -0.854 e. The van der Waals surface area contributed by atoms with Crippen LogP contribution in [0.25, 0.3) is 11.3 Å². The molecule has 0 saturated carbocycles. The van der Waals surface area contributed by atoms with Crippen molar-refractivity contribution in [2.24, 2.45) is 0 Å². The van der Waals surface area contributed by atoms with Crippen molar-refractivity contribution >= 4 is 23.4 Å². The first kappa shape index (κ1) is 20.3. The largest absolute Gasteiger partial charge is 0.854 e. The molecule has 1 amide bonds. The van der Waals surface area contributed by atoms with Crippen molar-refractivity contribution in [3.63, 3.8) is 0 Å². The molecule has 1 aliphatic heterocycles. The van der Waals surface area contributed by atoms with Crippen molar-refractivity contribution in [1.29, 1.82) is 0 Å². The first-order valence-electron chi connectivity index (χ1n) is 9.79. The zero-order valence-corrected chi connectivity index (χ0v) is 17.5. The van der Waals surface area contributed by atoms with Crippen molar-refractivity contribution in [2.75, 3.05) is 10.7 Å². The molecule has 0 bridgehead atoms. The average Bonchev–Trinajstić information content (AvgIpc) is 2.72. The Bertz CT molecular complexity index is 1110. The summed E-state index contributed by atoms with van der Waals surface area (Å²) < 4.78 is 15.6. The van der Waals surface area contributed by atoms with Gasteiger partial charge in [0.2, 0.25) is 5.91 Å². The number of unbranched alkanes of at least 4 members (excludes halogenated alkanes) is 1. The van der Waals surface area contributed by atoms with Gasteiger partial charge < -0.3 is 5.11 Å². The number of rotatable bonds is 5. The Labute approximate surface area is 178 Å². The zero-order chi connectivity index (χ0) is 21.3. The van der Waals surface area contributed by atoms with E-state index in [1.54, 1.807) is 41.3 Å². The zero-order valence-electron chi connectivity index (χ0n) is 16.7. The van der Waals surface area contributed by atoms with E-state index in [1.165, 1.54) is 35.5 Å². The lowest BCUT2D eigenvalue weighted by molar-refractivity contribution is -0.764. The van der Waals surface area contributed by atoms with Crippen molar-refractivity contribution in [1.82, 2.24) is 10.1 Å². The number of para-hydroxylation sites is 1. The molecule has 0 spiro atoms. The van der Waals surface area contributed by atoms with E-state index in [4.69, 9.17) is 0 Å². The molecule has 2 heterocycles. The Kier molecular flexibility index (Phi) is 5.67. The predicted molar refractivity (Wildman–Crippen MR) is 110 cm³/mol. The first-order valence-corrected chi connectivity index (χ1v) is 10.8. The number of aromatic nitrogens is 3. The second kappa shape index (κ2) is 8.39. The maximum Gasteiger partial charge on any atom is 0.293 e. The number of amides is 1. The topological polar surface area (TPSA) is 73.0 Å². The van der Waals surface area contributed by atoms with Crippen molar-refractivity contribution in [3.8, 4) is 17.1 Å². The van der Waals surface area contributed by atoms with Crippen LogP contribution >= 0.6 is 11.8 Å². The molecule has 0 N–H and O–H groups in total. The van der Waals surface area contributed by atoms with Crippen LogP contribution in [0.3, 0.4) is 0 Å². The molecule has 30 heavy (non-hydrogen) atoms. The molecule has 0 aliphatic carbocycles. The number of nitrogens with zero attached hydrogens (tertiary/aromatic N) is 4. The molecule has 1 aliphatic rings. The van der Waals surface area contributed by atoms with E-state index >= 15 is 0 Å². The second-order valence-corrected chi connectivity index (χ2v) is 8.09. The summed E-state index contributed by atoms with van der Waals surface area (Å²) in [5.74, 6) is -0.291. The van der Waals surface area contributed by atoms with Crippen LogP contribution in [0.1, 0.15) is 38.4 Å². The van der Waals surface area contributed by atoms with Gasteiger partial charge >= 0.3 is 0 Å². The maximum absolute atomic E-state index is 14.1. The summed E-state index contributed by atoms with van der Waals surface area (Å²) in [6, 6.07) is 13.2. The van der Waals surface area contributed by atoms with Crippen LogP contribution in [-0.4, -0.2) is 21.7 Å². The van der Waals surface area contributed by atoms with Crippen molar-refractivity contribution in [2.45, 2.75) is 38.0 Å². The van der Waals surface area contributed by atoms with Crippen LogP contribution in [-0.2, 0) is 4.79 Å². The summed E-state index contributed by atoms with van der Waals surface area (Å²) in [6.45, 7) is 3.54. The van der Waals surface area contributed by atoms with Crippen LogP contribution in [0, 0.1) is 5.82 Å². The summed E-state index contributed by atoms with van der Waals surface area (Å²) >= 11 is 1.40. The summed E-state index contributed by atoms with van der Waals surface area (Å²) in [7, 11) is 0. The Morgan fingerprint density at radius 1 is 1.27 bits per heavy atom. The number of halogens is 1. The SMILES string of the molecule is CCCCSc1nc([O-])c2[n+](n1)C(c1cccc(F)c1)N(C(C)=O)c1ccccc1-2. The fourth-order valence-corrected chi connectivity index (χ4v) is 4.52. The van der Waals surface area contributed by atoms with Gasteiger partial charge in [0.05, 0.1) is 17.1 Å². The number of fused-ring (bicyclic) bond motifs is 3.